The summed E-state index contributed by atoms with van der Waals surface area (Å²) in [6.45, 7) is 3.79. The maximum absolute atomic E-state index is 13.1. The summed E-state index contributed by atoms with van der Waals surface area (Å²) in [4.78, 5) is 13.1. The lowest BCUT2D eigenvalue weighted by molar-refractivity contribution is -0.302. The van der Waals surface area contributed by atoms with E-state index in [2.05, 4.69) is 55.6 Å². The van der Waals surface area contributed by atoms with E-state index in [4.69, 9.17) is 9.47 Å². The monoisotopic (exact) mass is 1030 g/mol. The van der Waals surface area contributed by atoms with E-state index < -0.39 is 49.5 Å². The molecule has 0 radical (unpaired) electrons. The molecule has 0 saturated carbocycles. The van der Waals surface area contributed by atoms with Gasteiger partial charge in [0.1, 0.15) is 24.4 Å². The minimum absolute atomic E-state index is 0.189. The van der Waals surface area contributed by atoms with Gasteiger partial charge < -0.3 is 40.3 Å². The molecule has 428 valence electrons. The normalized spacial score (nSPS) is 19.4. The maximum atomic E-state index is 13.1. The number of ether oxygens (including phenoxy) is 2. The van der Waals surface area contributed by atoms with Gasteiger partial charge in [0, 0.05) is 6.42 Å². The lowest BCUT2D eigenvalue weighted by Crippen LogP contribution is -2.60. The second kappa shape index (κ2) is 53.5. The third-order valence-electron chi connectivity index (χ3n) is 14.9. The van der Waals surface area contributed by atoms with Crippen LogP contribution in [0.15, 0.2) is 48.6 Å². The molecular formula is C64H119NO8. The third kappa shape index (κ3) is 42.9. The highest BCUT2D eigenvalue weighted by Crippen LogP contribution is 2.23. The van der Waals surface area contributed by atoms with E-state index in [1.165, 1.54) is 231 Å². The average molecular weight is 1030 g/mol. The van der Waals surface area contributed by atoms with Gasteiger partial charge in [-0.2, -0.15) is 0 Å². The zero-order valence-corrected chi connectivity index (χ0v) is 47.6. The lowest BCUT2D eigenvalue weighted by Gasteiger charge is -2.40. The Hall–Kier alpha value is -1.85. The van der Waals surface area contributed by atoms with Crippen LogP contribution < -0.4 is 5.32 Å². The van der Waals surface area contributed by atoms with Crippen molar-refractivity contribution in [3.05, 3.63) is 48.6 Å². The summed E-state index contributed by atoms with van der Waals surface area (Å²) in [6, 6.07) is -0.830. The first-order chi connectivity index (χ1) is 35.8. The fourth-order valence-electron chi connectivity index (χ4n) is 9.89. The van der Waals surface area contributed by atoms with E-state index in [-0.39, 0.29) is 12.5 Å². The molecule has 1 saturated heterocycles. The highest BCUT2D eigenvalue weighted by molar-refractivity contribution is 5.76. The van der Waals surface area contributed by atoms with Crippen LogP contribution in [-0.2, 0) is 14.3 Å². The van der Waals surface area contributed by atoms with Gasteiger partial charge in [0.2, 0.25) is 5.91 Å². The predicted octanol–water partition coefficient (Wildman–Crippen LogP) is 16.1. The standard InChI is InChI=1S/C64H119NO8/c1-3-5-7-9-11-13-15-17-19-21-23-25-27-28-29-30-32-33-35-37-39-41-43-45-47-49-51-53-58(67)57(56-72-64-63(71)62(70)61(69)59(55-66)73-64)65-60(68)54-52-50-48-46-44-42-40-38-36-34-31-26-24-22-20-18-16-14-12-10-8-6-4-2/h22,24,35,37,43,45,51,53,57-59,61-64,66-67,69-71H,3-21,23,25-34,36,38-42,44,46-50,52,54-56H2,1-2H3,(H,65,68)/b24-22-,37-35+,45-43+,53-51+. The Balaban J connectivity index is 2.23. The van der Waals surface area contributed by atoms with Crippen molar-refractivity contribution in [3.63, 3.8) is 0 Å². The van der Waals surface area contributed by atoms with Gasteiger partial charge in [0.25, 0.3) is 0 Å². The van der Waals surface area contributed by atoms with Crippen LogP contribution in [0, 0.1) is 0 Å². The van der Waals surface area contributed by atoms with Crippen molar-refractivity contribution in [1.29, 1.82) is 0 Å². The van der Waals surface area contributed by atoms with Crippen LogP contribution in [-0.4, -0.2) is 87.5 Å². The van der Waals surface area contributed by atoms with Gasteiger partial charge in [-0.3, -0.25) is 4.79 Å². The number of amides is 1. The average Bonchev–Trinajstić information content (AvgIpc) is 3.39. The van der Waals surface area contributed by atoms with Crippen LogP contribution in [0.5, 0.6) is 0 Å². The molecule has 1 aliphatic heterocycles. The van der Waals surface area contributed by atoms with Crippen LogP contribution in [0.2, 0.25) is 0 Å². The molecule has 0 aromatic carbocycles. The van der Waals surface area contributed by atoms with Crippen molar-refractivity contribution in [2.75, 3.05) is 13.2 Å². The van der Waals surface area contributed by atoms with E-state index in [0.29, 0.717) is 6.42 Å². The van der Waals surface area contributed by atoms with Crippen LogP contribution >= 0.6 is 0 Å². The Morgan fingerprint density at radius 3 is 1.15 bits per heavy atom. The minimum Gasteiger partial charge on any atom is -0.394 e. The first kappa shape index (κ1) is 69.2. The fraction of sp³-hybridized carbons (Fsp3) is 0.859. The summed E-state index contributed by atoms with van der Waals surface area (Å²) in [5.41, 5.74) is 0. The van der Waals surface area contributed by atoms with Gasteiger partial charge in [0.15, 0.2) is 6.29 Å². The lowest BCUT2D eigenvalue weighted by atomic mass is 9.99. The number of hydrogen-bond acceptors (Lipinski definition) is 8. The van der Waals surface area contributed by atoms with Crippen molar-refractivity contribution >= 4 is 5.91 Å². The number of rotatable bonds is 54. The molecule has 0 bridgehead atoms. The first-order valence-corrected chi connectivity index (χ1v) is 31.4. The number of aliphatic hydroxyl groups excluding tert-OH is 5. The Morgan fingerprint density at radius 1 is 0.452 bits per heavy atom. The zero-order valence-electron chi connectivity index (χ0n) is 47.6. The summed E-state index contributed by atoms with van der Waals surface area (Å²) in [5, 5.41) is 54.6. The number of hydrogen-bond donors (Lipinski definition) is 6. The minimum atomic E-state index is -1.58. The van der Waals surface area contributed by atoms with Gasteiger partial charge in [0.05, 0.1) is 25.4 Å². The molecule has 0 spiro atoms. The smallest absolute Gasteiger partial charge is 0.220 e. The van der Waals surface area contributed by atoms with Crippen LogP contribution in [0.3, 0.4) is 0 Å². The first-order valence-electron chi connectivity index (χ1n) is 31.4. The van der Waals surface area contributed by atoms with E-state index in [0.717, 1.165) is 44.9 Å². The molecule has 9 nitrogen and oxygen atoms in total. The number of nitrogens with one attached hydrogen (secondary N) is 1. The molecule has 1 amide bonds. The van der Waals surface area contributed by atoms with Crippen LogP contribution in [0.25, 0.3) is 0 Å². The van der Waals surface area contributed by atoms with Crippen LogP contribution in [0.4, 0.5) is 0 Å². The Labute approximate surface area is 450 Å². The third-order valence-corrected chi connectivity index (χ3v) is 14.9. The van der Waals surface area contributed by atoms with Crippen molar-refractivity contribution < 1.29 is 39.8 Å². The van der Waals surface area contributed by atoms with Gasteiger partial charge in [-0.25, -0.2) is 0 Å². The number of aliphatic hydroxyl groups is 5. The molecule has 73 heavy (non-hydrogen) atoms. The summed E-state index contributed by atoms with van der Waals surface area (Å²) >= 11 is 0. The largest absolute Gasteiger partial charge is 0.394 e. The summed E-state index contributed by atoms with van der Waals surface area (Å²) in [5.74, 6) is -0.189. The van der Waals surface area contributed by atoms with Crippen molar-refractivity contribution in [3.8, 4) is 0 Å². The molecule has 1 fully saturated rings. The topological polar surface area (TPSA) is 149 Å². The quantitative estimate of drug-likeness (QED) is 0.0261. The number of unbranched alkanes of at least 4 members (excludes halogenated alkanes) is 38. The van der Waals surface area contributed by atoms with E-state index in [9.17, 15) is 30.3 Å². The van der Waals surface area contributed by atoms with Crippen molar-refractivity contribution in [2.45, 2.75) is 339 Å². The van der Waals surface area contributed by atoms with Gasteiger partial charge in [-0.1, -0.05) is 268 Å². The highest BCUT2D eigenvalue weighted by Gasteiger charge is 2.44. The van der Waals surface area contributed by atoms with Gasteiger partial charge in [-0.15, -0.1) is 0 Å². The number of carbonyl (C=O) groups excluding carboxylic acids is 1. The summed E-state index contributed by atoms with van der Waals surface area (Å²) < 4.78 is 11.3. The second-order valence-electron chi connectivity index (χ2n) is 21.8. The predicted molar refractivity (Wildman–Crippen MR) is 309 cm³/mol. The van der Waals surface area contributed by atoms with E-state index in [1.54, 1.807) is 6.08 Å². The fourth-order valence-corrected chi connectivity index (χ4v) is 9.89. The molecule has 0 aliphatic carbocycles. The molecule has 9 heteroatoms. The molecule has 0 aromatic heterocycles. The SMILES string of the molecule is CCCCCCCCCC/C=C\CCCCCCCCCCCCCC(=O)NC(COC1OC(CO)C(O)C(O)C1O)C(O)/C=C/CC/C=C/CC/C=C/CCCCCCCCCCCCCCCCCCC. The van der Waals surface area contributed by atoms with E-state index in [1.807, 2.05) is 6.08 Å². The zero-order chi connectivity index (χ0) is 52.9. The van der Waals surface area contributed by atoms with E-state index >= 15 is 0 Å². The second-order valence-corrected chi connectivity index (χ2v) is 21.8. The van der Waals surface area contributed by atoms with Gasteiger partial charge >= 0.3 is 0 Å². The Kier molecular flexibility index (Phi) is 50.7. The summed E-state index contributed by atoms with van der Waals surface area (Å²) in [6.07, 6.45) is 64.8. The van der Waals surface area contributed by atoms with Crippen molar-refractivity contribution in [2.24, 2.45) is 0 Å². The molecule has 7 atom stereocenters. The van der Waals surface area contributed by atoms with Crippen LogP contribution in [0.1, 0.15) is 296 Å². The molecule has 1 heterocycles. The molecule has 7 unspecified atom stereocenters. The Morgan fingerprint density at radius 2 is 0.781 bits per heavy atom. The number of allylic oxidation sites excluding steroid dienone is 7. The number of carbonyl (C=O) groups is 1. The molecule has 1 aliphatic rings. The highest BCUT2D eigenvalue weighted by atomic mass is 16.7. The molecular weight excluding hydrogens is 911 g/mol. The summed E-state index contributed by atoms with van der Waals surface area (Å²) in [7, 11) is 0. The Bertz CT molecular complexity index is 1290. The van der Waals surface area contributed by atoms with Crippen molar-refractivity contribution in [1.82, 2.24) is 5.32 Å². The molecule has 1 rings (SSSR count). The molecule has 0 aromatic rings. The maximum Gasteiger partial charge on any atom is 0.220 e. The molecule has 6 N–H and O–H groups in total. The van der Waals surface area contributed by atoms with Gasteiger partial charge in [-0.05, 0) is 70.6 Å².